The predicted octanol–water partition coefficient (Wildman–Crippen LogP) is 0.916. The SMILES string of the molecule is O=C(NCCc1ccccc1)[C@H]1CCC(=O)N(CCN2CCOCC2)C1. The maximum absolute atomic E-state index is 12.5. The summed E-state index contributed by atoms with van der Waals surface area (Å²) >= 11 is 0. The van der Waals surface area contributed by atoms with E-state index in [1.54, 1.807) is 0 Å². The fraction of sp³-hybridized carbons (Fsp3) is 0.600. The second-order valence-electron chi connectivity index (χ2n) is 7.06. The fourth-order valence-corrected chi connectivity index (χ4v) is 3.55. The molecule has 142 valence electrons. The first-order valence-corrected chi connectivity index (χ1v) is 9.62. The van der Waals surface area contributed by atoms with Crippen LogP contribution in [0.5, 0.6) is 0 Å². The molecule has 2 aliphatic heterocycles. The highest BCUT2D eigenvalue weighted by atomic mass is 16.5. The third kappa shape index (κ3) is 5.54. The quantitative estimate of drug-likeness (QED) is 0.786. The van der Waals surface area contributed by atoms with E-state index in [1.165, 1.54) is 5.56 Å². The lowest BCUT2D eigenvalue weighted by atomic mass is 9.96. The Balaban J connectivity index is 1.41. The smallest absolute Gasteiger partial charge is 0.224 e. The number of hydrogen-bond donors (Lipinski definition) is 1. The van der Waals surface area contributed by atoms with Crippen molar-refractivity contribution in [2.45, 2.75) is 19.3 Å². The van der Waals surface area contributed by atoms with Gasteiger partial charge in [0.2, 0.25) is 11.8 Å². The minimum atomic E-state index is -0.0897. The molecule has 0 bridgehead atoms. The summed E-state index contributed by atoms with van der Waals surface area (Å²) in [4.78, 5) is 28.8. The van der Waals surface area contributed by atoms with Crippen LogP contribution in [-0.4, -0.2) is 74.1 Å². The molecule has 0 aliphatic carbocycles. The zero-order chi connectivity index (χ0) is 18.2. The molecule has 26 heavy (non-hydrogen) atoms. The molecule has 2 heterocycles. The Bertz CT molecular complexity index is 587. The van der Waals surface area contributed by atoms with Gasteiger partial charge in [-0.05, 0) is 18.4 Å². The second-order valence-corrected chi connectivity index (χ2v) is 7.06. The monoisotopic (exact) mass is 359 g/mol. The summed E-state index contributed by atoms with van der Waals surface area (Å²) in [5, 5.41) is 3.04. The average molecular weight is 359 g/mol. The number of carbonyl (C=O) groups excluding carboxylic acids is 2. The van der Waals surface area contributed by atoms with E-state index >= 15 is 0 Å². The van der Waals surface area contributed by atoms with Gasteiger partial charge in [-0.2, -0.15) is 0 Å². The highest BCUT2D eigenvalue weighted by Crippen LogP contribution is 2.18. The molecule has 6 heteroatoms. The molecule has 6 nitrogen and oxygen atoms in total. The number of nitrogens with zero attached hydrogens (tertiary/aromatic N) is 2. The topological polar surface area (TPSA) is 61.9 Å². The van der Waals surface area contributed by atoms with Gasteiger partial charge in [0.1, 0.15) is 0 Å². The zero-order valence-electron chi connectivity index (χ0n) is 15.4. The van der Waals surface area contributed by atoms with Crippen molar-refractivity contribution >= 4 is 11.8 Å². The molecule has 0 radical (unpaired) electrons. The van der Waals surface area contributed by atoms with Crippen molar-refractivity contribution in [3.8, 4) is 0 Å². The lowest BCUT2D eigenvalue weighted by Crippen LogP contribution is -2.49. The molecule has 0 spiro atoms. The first-order valence-electron chi connectivity index (χ1n) is 9.62. The Kier molecular flexibility index (Phi) is 7.03. The van der Waals surface area contributed by atoms with Crippen LogP contribution in [0.25, 0.3) is 0 Å². The van der Waals surface area contributed by atoms with Crippen molar-refractivity contribution in [1.29, 1.82) is 0 Å². The van der Waals surface area contributed by atoms with Crippen LogP contribution >= 0.6 is 0 Å². The van der Waals surface area contributed by atoms with Crippen LogP contribution in [-0.2, 0) is 20.7 Å². The van der Waals surface area contributed by atoms with Gasteiger partial charge in [0.15, 0.2) is 0 Å². The minimum absolute atomic E-state index is 0.0739. The molecule has 0 aromatic heterocycles. The second kappa shape index (κ2) is 9.69. The number of nitrogens with one attached hydrogen (secondary N) is 1. The summed E-state index contributed by atoms with van der Waals surface area (Å²) < 4.78 is 5.36. The molecular formula is C20H29N3O3. The Morgan fingerprint density at radius 2 is 1.92 bits per heavy atom. The largest absolute Gasteiger partial charge is 0.379 e. The van der Waals surface area contributed by atoms with E-state index in [-0.39, 0.29) is 17.7 Å². The first kappa shape index (κ1) is 18.9. The van der Waals surface area contributed by atoms with Gasteiger partial charge < -0.3 is 15.0 Å². The van der Waals surface area contributed by atoms with Crippen LogP contribution in [0.1, 0.15) is 18.4 Å². The number of ether oxygens (including phenoxy) is 1. The van der Waals surface area contributed by atoms with E-state index in [9.17, 15) is 9.59 Å². The predicted molar refractivity (Wildman–Crippen MR) is 99.7 cm³/mol. The molecule has 0 unspecified atom stereocenters. The van der Waals surface area contributed by atoms with Crippen LogP contribution in [0.2, 0.25) is 0 Å². The van der Waals surface area contributed by atoms with Gasteiger partial charge in [0, 0.05) is 45.7 Å². The maximum atomic E-state index is 12.5. The van der Waals surface area contributed by atoms with E-state index in [4.69, 9.17) is 4.74 Å². The summed E-state index contributed by atoms with van der Waals surface area (Å²) in [6.45, 7) is 6.11. The number of hydrogen-bond acceptors (Lipinski definition) is 4. The Morgan fingerprint density at radius 1 is 1.15 bits per heavy atom. The van der Waals surface area contributed by atoms with E-state index < -0.39 is 0 Å². The maximum Gasteiger partial charge on any atom is 0.224 e. The highest BCUT2D eigenvalue weighted by Gasteiger charge is 2.30. The van der Waals surface area contributed by atoms with Gasteiger partial charge in [-0.3, -0.25) is 14.5 Å². The molecular weight excluding hydrogens is 330 g/mol. The lowest BCUT2D eigenvalue weighted by Gasteiger charge is -2.34. The average Bonchev–Trinajstić information content (AvgIpc) is 2.69. The molecule has 2 amide bonds. The van der Waals surface area contributed by atoms with Gasteiger partial charge >= 0.3 is 0 Å². The Labute approximate surface area is 155 Å². The summed E-state index contributed by atoms with van der Waals surface area (Å²) in [6.07, 6.45) is 1.96. The van der Waals surface area contributed by atoms with Crippen LogP contribution in [0.3, 0.4) is 0 Å². The number of piperidine rings is 1. The van der Waals surface area contributed by atoms with E-state index in [0.29, 0.717) is 32.5 Å². The standard InChI is InChI=1S/C20H29N3O3/c24-19-7-6-18(16-23(19)11-10-22-12-14-26-15-13-22)20(25)21-9-8-17-4-2-1-3-5-17/h1-5,18H,6-16H2,(H,21,25)/t18-/m0/s1. The van der Waals surface area contributed by atoms with Gasteiger partial charge in [0.25, 0.3) is 0 Å². The highest BCUT2D eigenvalue weighted by molar-refractivity contribution is 5.83. The number of rotatable bonds is 7. The number of likely N-dealkylation sites (tertiary alicyclic amines) is 1. The Hall–Kier alpha value is -1.92. The summed E-state index contributed by atoms with van der Waals surface area (Å²) in [6, 6.07) is 10.1. The van der Waals surface area contributed by atoms with Crippen LogP contribution in [0, 0.1) is 5.92 Å². The molecule has 2 aliphatic rings. The van der Waals surface area contributed by atoms with E-state index in [0.717, 1.165) is 39.3 Å². The number of amides is 2. The van der Waals surface area contributed by atoms with Crippen molar-refractivity contribution in [2.24, 2.45) is 5.92 Å². The first-order chi connectivity index (χ1) is 12.7. The molecule has 1 aromatic rings. The van der Waals surface area contributed by atoms with Crippen LogP contribution < -0.4 is 5.32 Å². The number of carbonyl (C=O) groups is 2. The molecule has 0 saturated carbocycles. The van der Waals surface area contributed by atoms with Gasteiger partial charge in [0.05, 0.1) is 19.1 Å². The van der Waals surface area contributed by atoms with Crippen molar-refractivity contribution in [1.82, 2.24) is 15.1 Å². The molecule has 2 fully saturated rings. The Morgan fingerprint density at radius 3 is 2.69 bits per heavy atom. The third-order valence-corrected chi connectivity index (χ3v) is 5.22. The minimum Gasteiger partial charge on any atom is -0.379 e. The van der Waals surface area contributed by atoms with Gasteiger partial charge in [-0.15, -0.1) is 0 Å². The summed E-state index contributed by atoms with van der Waals surface area (Å²) in [7, 11) is 0. The summed E-state index contributed by atoms with van der Waals surface area (Å²) in [5.41, 5.74) is 1.22. The number of benzene rings is 1. The number of morpholine rings is 1. The normalized spacial score (nSPS) is 21.6. The third-order valence-electron chi connectivity index (χ3n) is 5.22. The van der Waals surface area contributed by atoms with Crippen LogP contribution in [0.4, 0.5) is 0 Å². The van der Waals surface area contributed by atoms with Crippen LogP contribution in [0.15, 0.2) is 30.3 Å². The van der Waals surface area contributed by atoms with Crippen molar-refractivity contribution < 1.29 is 14.3 Å². The van der Waals surface area contributed by atoms with E-state index in [1.807, 2.05) is 23.1 Å². The van der Waals surface area contributed by atoms with Crippen molar-refractivity contribution in [3.05, 3.63) is 35.9 Å². The molecule has 1 aromatic carbocycles. The molecule has 3 rings (SSSR count). The fourth-order valence-electron chi connectivity index (χ4n) is 3.55. The molecule has 1 N–H and O–H groups in total. The molecule has 2 saturated heterocycles. The summed E-state index contributed by atoms with van der Waals surface area (Å²) in [5.74, 6) is 0.157. The van der Waals surface area contributed by atoms with Crippen molar-refractivity contribution in [3.63, 3.8) is 0 Å². The zero-order valence-corrected chi connectivity index (χ0v) is 15.4. The van der Waals surface area contributed by atoms with Crippen molar-refractivity contribution in [2.75, 3.05) is 52.5 Å². The van der Waals surface area contributed by atoms with Gasteiger partial charge in [-0.25, -0.2) is 0 Å². The van der Waals surface area contributed by atoms with Gasteiger partial charge in [-0.1, -0.05) is 30.3 Å². The molecule has 1 atom stereocenters. The van der Waals surface area contributed by atoms with E-state index in [2.05, 4.69) is 22.3 Å². The lowest BCUT2D eigenvalue weighted by molar-refractivity contribution is -0.138.